The number of hydrogen-bond acceptors (Lipinski definition) is 9. The number of ether oxygens (including phenoxy) is 3. The first-order valence-electron chi connectivity index (χ1n) is 20.2. The Morgan fingerprint density at radius 1 is 0.902 bits per heavy atom. The first kappa shape index (κ1) is 37.1. The van der Waals surface area contributed by atoms with Gasteiger partial charge in [0.1, 0.15) is 0 Å². The van der Waals surface area contributed by atoms with Gasteiger partial charge >= 0.3 is 16.4 Å². The van der Waals surface area contributed by atoms with Crippen LogP contribution in [0, 0.1) is 70.0 Å². The van der Waals surface area contributed by atoms with Crippen molar-refractivity contribution in [3.05, 3.63) is 0 Å². The molecule has 0 amide bonds. The Bertz CT molecular complexity index is 1460. The Balaban J connectivity index is 0.993. The minimum atomic E-state index is -4.68. The Labute approximate surface area is 304 Å². The summed E-state index contributed by atoms with van der Waals surface area (Å²) >= 11 is 0. The van der Waals surface area contributed by atoms with Crippen molar-refractivity contribution in [2.75, 3.05) is 0 Å². The second-order valence-electron chi connectivity index (χ2n) is 19.2. The van der Waals surface area contributed by atoms with Gasteiger partial charge in [0.25, 0.3) is 0 Å². The third-order valence-corrected chi connectivity index (χ3v) is 17.4. The molecule has 0 aromatic carbocycles. The van der Waals surface area contributed by atoms with Crippen LogP contribution in [0.5, 0.6) is 0 Å². The van der Waals surface area contributed by atoms with Crippen molar-refractivity contribution in [3.8, 4) is 0 Å². The van der Waals surface area contributed by atoms with Gasteiger partial charge in [0.15, 0.2) is 18.2 Å². The molecule has 0 aromatic rings. The predicted octanol–water partition coefficient (Wildman–Crippen LogP) is 7.54. The topological polar surface area (TPSA) is 147 Å². The van der Waals surface area contributed by atoms with Crippen LogP contribution in [-0.4, -0.2) is 60.2 Å². The fraction of sp³-hybridized carbons (Fsp3) is 0.974. The van der Waals surface area contributed by atoms with Crippen molar-refractivity contribution in [2.24, 2.45) is 70.0 Å². The average molecular weight is 739 g/mol. The molecular weight excluding hydrogens is 676 g/mol. The standard InChI is InChI=1S/C39H62O11S/c1-21(8-14-33(40)41)27-12-13-30-26-10-9-24-19-25(15-17-36(24,4)31(26)20-32(38(27,30)6)48-51(42,43)44)45-34-23(3)29-11-7-22(2)28-16-18-37(5)47-35(46-34)39(28,29)50-49-37/h21-32,34-35H,7-20H2,1-6H3,(H,40,41)(H,42,43,44)/t21-,22-,23-,24?,25-,26?,27-,28?,29?,30?,31?,32+,34?,35?,36+,37+,38-,39-/m1/s1. The fourth-order valence-corrected chi connectivity index (χ4v) is 14.9. The maximum absolute atomic E-state index is 12.4. The van der Waals surface area contributed by atoms with E-state index in [2.05, 4.69) is 34.6 Å². The van der Waals surface area contributed by atoms with E-state index >= 15 is 0 Å². The fourth-order valence-electron chi connectivity index (χ4n) is 14.3. The van der Waals surface area contributed by atoms with Gasteiger partial charge in [-0.15, -0.1) is 0 Å². The van der Waals surface area contributed by atoms with Gasteiger partial charge in [-0.2, -0.15) is 8.42 Å². The van der Waals surface area contributed by atoms with Crippen LogP contribution >= 0.6 is 0 Å². The summed E-state index contributed by atoms with van der Waals surface area (Å²) in [6, 6.07) is 0. The molecule has 4 aliphatic heterocycles. The summed E-state index contributed by atoms with van der Waals surface area (Å²) in [5.41, 5.74) is -1.07. The molecule has 4 saturated heterocycles. The lowest BCUT2D eigenvalue weighted by Gasteiger charge is -2.63. The molecule has 5 saturated carbocycles. The van der Waals surface area contributed by atoms with Crippen molar-refractivity contribution in [2.45, 2.75) is 168 Å². The van der Waals surface area contributed by atoms with Crippen LogP contribution in [0.3, 0.4) is 0 Å². The van der Waals surface area contributed by atoms with E-state index in [4.69, 9.17) is 28.2 Å². The maximum Gasteiger partial charge on any atom is 0.397 e. The molecule has 9 fully saturated rings. The lowest BCUT2D eigenvalue weighted by Crippen LogP contribution is -2.70. The van der Waals surface area contributed by atoms with Gasteiger partial charge in [-0.1, -0.05) is 34.6 Å². The summed E-state index contributed by atoms with van der Waals surface area (Å²) in [5.74, 6) is 1.17. The molecule has 4 heterocycles. The Morgan fingerprint density at radius 3 is 2.41 bits per heavy atom. The zero-order valence-electron chi connectivity index (χ0n) is 31.5. The van der Waals surface area contributed by atoms with Crippen LogP contribution in [-0.2, 0) is 43.4 Å². The van der Waals surface area contributed by atoms with E-state index in [1.807, 2.05) is 6.92 Å². The van der Waals surface area contributed by atoms with Crippen LogP contribution in [0.1, 0.15) is 131 Å². The molecule has 51 heavy (non-hydrogen) atoms. The number of hydrogen-bond donors (Lipinski definition) is 2. The van der Waals surface area contributed by atoms with Crippen molar-refractivity contribution < 1.29 is 51.0 Å². The molecule has 0 aromatic heterocycles. The minimum Gasteiger partial charge on any atom is -0.481 e. The van der Waals surface area contributed by atoms with E-state index in [-0.39, 0.29) is 53.4 Å². The number of rotatable bonds is 8. The third kappa shape index (κ3) is 5.89. The maximum atomic E-state index is 12.4. The number of carbonyl (C=O) groups is 1. The molecular formula is C39H62O11S. The highest BCUT2D eigenvalue weighted by Gasteiger charge is 2.70. The number of aliphatic carboxylic acids is 1. The SMILES string of the molecule is C[C@H]1C(O[C@@H]2CC[C@@]3(C)C(CCC4C3C[C@H](OS(=O)(=O)O)[C@@]3(C)C4CC[C@@H]3[C@H](C)CCC(=O)O)C2)OC2O[C@]3(C)CCC4[C@H](C)CCC1[C@@]24OO3. The van der Waals surface area contributed by atoms with Gasteiger partial charge in [0, 0.05) is 30.1 Å². The van der Waals surface area contributed by atoms with Crippen LogP contribution < -0.4 is 0 Å². The van der Waals surface area contributed by atoms with E-state index < -0.39 is 51.9 Å². The van der Waals surface area contributed by atoms with E-state index in [0.29, 0.717) is 36.5 Å². The largest absolute Gasteiger partial charge is 0.481 e. The molecule has 12 heteroatoms. The molecule has 9 rings (SSSR count). The lowest BCUT2D eigenvalue weighted by atomic mass is 9.43. The van der Waals surface area contributed by atoms with Gasteiger partial charge < -0.3 is 19.3 Å². The van der Waals surface area contributed by atoms with E-state index in [1.54, 1.807) is 0 Å². The predicted molar refractivity (Wildman–Crippen MR) is 185 cm³/mol. The molecule has 0 radical (unpaired) electrons. The summed E-state index contributed by atoms with van der Waals surface area (Å²) in [4.78, 5) is 23.8. The van der Waals surface area contributed by atoms with Crippen molar-refractivity contribution in [1.82, 2.24) is 0 Å². The van der Waals surface area contributed by atoms with Gasteiger partial charge in [-0.05, 0) is 137 Å². The van der Waals surface area contributed by atoms with E-state index in [9.17, 15) is 22.9 Å². The van der Waals surface area contributed by atoms with Crippen LogP contribution in [0.4, 0.5) is 0 Å². The summed E-state index contributed by atoms with van der Waals surface area (Å²) in [5, 5.41) is 9.39. The van der Waals surface area contributed by atoms with Crippen molar-refractivity contribution >= 4 is 16.4 Å². The zero-order chi connectivity index (χ0) is 36.3. The molecule has 2 bridgehead atoms. The van der Waals surface area contributed by atoms with E-state index in [1.165, 1.54) is 0 Å². The Morgan fingerprint density at radius 2 is 1.67 bits per heavy atom. The highest BCUT2D eigenvalue weighted by atomic mass is 32.3. The van der Waals surface area contributed by atoms with Crippen LogP contribution in [0.25, 0.3) is 0 Å². The lowest BCUT2D eigenvalue weighted by molar-refractivity contribution is -0.578. The number of carboxylic acids is 1. The summed E-state index contributed by atoms with van der Waals surface area (Å²) < 4.78 is 60.8. The second kappa shape index (κ2) is 12.8. The smallest absolute Gasteiger partial charge is 0.397 e. The van der Waals surface area contributed by atoms with Crippen molar-refractivity contribution in [1.29, 1.82) is 0 Å². The quantitative estimate of drug-likeness (QED) is 0.145. The zero-order valence-corrected chi connectivity index (χ0v) is 32.3. The number of carboxylic acid groups (broad SMARTS) is 1. The van der Waals surface area contributed by atoms with Crippen molar-refractivity contribution in [3.63, 3.8) is 0 Å². The van der Waals surface area contributed by atoms with Crippen LogP contribution in [0.2, 0.25) is 0 Å². The van der Waals surface area contributed by atoms with Crippen LogP contribution in [0.15, 0.2) is 0 Å². The summed E-state index contributed by atoms with van der Waals surface area (Å²) in [7, 11) is -4.68. The number of fused-ring (bicyclic) bond motifs is 7. The summed E-state index contributed by atoms with van der Waals surface area (Å²) in [6.45, 7) is 13.2. The molecule has 8 unspecified atom stereocenters. The first-order chi connectivity index (χ1) is 24.0. The molecule has 290 valence electrons. The van der Waals surface area contributed by atoms with Gasteiger partial charge in [0.05, 0.1) is 12.2 Å². The Hall–Kier alpha value is -0.860. The molecule has 9 aliphatic rings. The monoisotopic (exact) mass is 738 g/mol. The molecule has 11 nitrogen and oxygen atoms in total. The highest BCUT2D eigenvalue weighted by molar-refractivity contribution is 7.80. The third-order valence-electron chi connectivity index (χ3n) is 16.9. The average Bonchev–Trinajstić information content (AvgIpc) is 3.27. The molecule has 5 aliphatic carbocycles. The normalized spacial score (nSPS) is 54.0. The minimum absolute atomic E-state index is 0.00289. The summed E-state index contributed by atoms with van der Waals surface area (Å²) in [6.07, 6.45) is 10.6. The molecule has 1 spiro atoms. The first-order valence-corrected chi connectivity index (χ1v) is 21.6. The van der Waals surface area contributed by atoms with Gasteiger partial charge in [-0.3, -0.25) is 9.35 Å². The van der Waals surface area contributed by atoms with Gasteiger partial charge in [-0.25, -0.2) is 14.0 Å². The Kier molecular flexibility index (Phi) is 9.34. The van der Waals surface area contributed by atoms with Gasteiger partial charge in [0.2, 0.25) is 5.79 Å². The second-order valence-corrected chi connectivity index (χ2v) is 20.2. The molecule has 18 atom stereocenters. The molecule has 2 N–H and O–H groups in total. The highest BCUT2D eigenvalue weighted by Crippen LogP contribution is 2.69. The van der Waals surface area contributed by atoms with E-state index in [0.717, 1.165) is 70.6 Å².